The van der Waals surface area contributed by atoms with Crippen molar-refractivity contribution in [2.24, 2.45) is 0 Å². The summed E-state index contributed by atoms with van der Waals surface area (Å²) in [4.78, 5) is 6.55. The summed E-state index contributed by atoms with van der Waals surface area (Å²) in [5, 5.41) is 2.86. The van der Waals surface area contributed by atoms with Crippen LogP contribution in [0.2, 0.25) is 0 Å². The largest absolute Gasteiger partial charge is 0.241 e. The van der Waals surface area contributed by atoms with Crippen LogP contribution in [0.5, 0.6) is 0 Å². The maximum absolute atomic E-state index is 12.6. The average molecular weight is 383 g/mol. The molecule has 2 aromatic heterocycles. The predicted molar refractivity (Wildman–Crippen MR) is 101 cm³/mol. The van der Waals surface area contributed by atoms with E-state index in [0.29, 0.717) is 11.4 Å². The highest BCUT2D eigenvalue weighted by molar-refractivity contribution is 7.89. The van der Waals surface area contributed by atoms with E-state index in [0.717, 1.165) is 39.7 Å². The molecule has 0 saturated carbocycles. The molecule has 130 valence electrons. The minimum absolute atomic E-state index is 0.382. The molecule has 0 atom stereocenters. The van der Waals surface area contributed by atoms with Gasteiger partial charge < -0.3 is 0 Å². The summed E-state index contributed by atoms with van der Waals surface area (Å²) < 4.78 is 28.0. The Bertz CT molecular complexity index is 847. The molecule has 3 rings (SSSR count). The molecule has 2 heterocycles. The minimum Gasteiger partial charge on any atom is -0.241 e. The summed E-state index contributed by atoms with van der Waals surface area (Å²) in [7, 11) is -3.46. The van der Waals surface area contributed by atoms with Gasteiger partial charge in [0.2, 0.25) is 10.0 Å². The third-order valence-corrected chi connectivity index (χ3v) is 8.01. The second kappa shape index (κ2) is 7.47. The molecule has 0 unspecified atom stereocenters. The molecule has 0 fully saturated rings. The van der Waals surface area contributed by atoms with E-state index < -0.39 is 10.0 Å². The summed E-state index contributed by atoms with van der Waals surface area (Å²) in [6.07, 6.45) is 7.77. The molecule has 7 heteroatoms. The maximum atomic E-state index is 12.6. The Balaban J connectivity index is 1.70. The number of allylic oxidation sites excluding steroid dienone is 1. The zero-order valence-electron chi connectivity index (χ0n) is 14.0. The first-order valence-corrected chi connectivity index (χ1v) is 11.3. The fourth-order valence-electron chi connectivity index (χ4n) is 2.86. The highest BCUT2D eigenvalue weighted by Crippen LogP contribution is 2.35. The Morgan fingerprint density at radius 2 is 2.12 bits per heavy atom. The molecule has 24 heavy (non-hydrogen) atoms. The van der Waals surface area contributed by atoms with Gasteiger partial charge in [-0.2, -0.15) is 0 Å². The summed E-state index contributed by atoms with van der Waals surface area (Å²) >= 11 is 3.04. The van der Waals surface area contributed by atoms with Crippen molar-refractivity contribution in [1.82, 2.24) is 9.71 Å². The van der Waals surface area contributed by atoms with Crippen LogP contribution in [0.4, 0.5) is 0 Å². The average Bonchev–Trinajstić information content (AvgIpc) is 3.14. The van der Waals surface area contributed by atoms with Gasteiger partial charge in [0, 0.05) is 22.5 Å². The van der Waals surface area contributed by atoms with Crippen LogP contribution < -0.4 is 4.72 Å². The van der Waals surface area contributed by atoms with Crippen LogP contribution in [0.15, 0.2) is 28.0 Å². The fourth-order valence-corrected chi connectivity index (χ4v) is 6.34. The van der Waals surface area contributed by atoms with E-state index in [1.165, 1.54) is 29.8 Å². The van der Waals surface area contributed by atoms with E-state index in [9.17, 15) is 8.42 Å². The zero-order chi connectivity index (χ0) is 17.2. The number of thiazole rings is 1. The summed E-state index contributed by atoms with van der Waals surface area (Å²) in [6, 6.07) is 1.75. The Hall–Kier alpha value is -1.02. The lowest BCUT2D eigenvalue weighted by atomic mass is 9.97. The molecule has 1 aliphatic rings. The first-order chi connectivity index (χ1) is 11.5. The molecule has 0 aromatic carbocycles. The molecule has 1 N–H and O–H groups in total. The van der Waals surface area contributed by atoms with E-state index in [-0.39, 0.29) is 0 Å². The highest BCUT2D eigenvalue weighted by atomic mass is 32.2. The van der Waals surface area contributed by atoms with E-state index in [4.69, 9.17) is 0 Å². The van der Waals surface area contributed by atoms with E-state index in [2.05, 4.69) is 15.8 Å². The topological polar surface area (TPSA) is 59.1 Å². The lowest BCUT2D eigenvalue weighted by Crippen LogP contribution is -2.25. The second-order valence-electron chi connectivity index (χ2n) is 6.08. The van der Waals surface area contributed by atoms with Crippen molar-refractivity contribution in [3.63, 3.8) is 0 Å². The third kappa shape index (κ3) is 4.14. The standard InChI is InChI=1S/C17H22N2O2S3/c1-12-11-22-17(19-12)15-10-16(13(2)23-15)24(20,21)18-9-8-14-6-4-3-5-7-14/h6,10-11,18H,3-5,7-9H2,1-2H3. The quantitative estimate of drug-likeness (QED) is 0.739. The van der Waals surface area contributed by atoms with Crippen molar-refractivity contribution in [3.8, 4) is 9.88 Å². The Kier molecular flexibility index (Phi) is 5.54. The third-order valence-electron chi connectivity index (χ3n) is 4.11. The monoisotopic (exact) mass is 382 g/mol. The molecule has 0 aliphatic heterocycles. The second-order valence-corrected chi connectivity index (χ2v) is 9.93. The molecule has 0 spiro atoms. The normalized spacial score (nSPS) is 15.5. The van der Waals surface area contributed by atoms with Gasteiger partial charge in [-0.1, -0.05) is 11.6 Å². The lowest BCUT2D eigenvalue weighted by Gasteiger charge is -2.13. The molecule has 0 bridgehead atoms. The number of nitrogens with one attached hydrogen (secondary N) is 1. The van der Waals surface area contributed by atoms with E-state index in [1.54, 1.807) is 17.4 Å². The Morgan fingerprint density at radius 3 is 2.79 bits per heavy atom. The van der Waals surface area contributed by atoms with Crippen molar-refractivity contribution < 1.29 is 8.42 Å². The van der Waals surface area contributed by atoms with Gasteiger partial charge >= 0.3 is 0 Å². The minimum atomic E-state index is -3.46. The van der Waals surface area contributed by atoms with Crippen molar-refractivity contribution in [2.45, 2.75) is 50.8 Å². The number of rotatable bonds is 6. The molecule has 0 amide bonds. The van der Waals surface area contributed by atoms with Crippen LogP contribution in [0.1, 0.15) is 42.7 Å². The first kappa shape index (κ1) is 17.8. The van der Waals surface area contributed by atoms with Crippen molar-refractivity contribution in [2.75, 3.05) is 6.54 Å². The number of hydrogen-bond donors (Lipinski definition) is 1. The van der Waals surface area contributed by atoms with Crippen LogP contribution >= 0.6 is 22.7 Å². The highest BCUT2D eigenvalue weighted by Gasteiger charge is 2.21. The van der Waals surface area contributed by atoms with Gasteiger partial charge in [0.15, 0.2) is 0 Å². The number of nitrogens with zero attached hydrogens (tertiary/aromatic N) is 1. The number of sulfonamides is 1. The number of thiophene rings is 1. The first-order valence-electron chi connectivity index (χ1n) is 8.16. The van der Waals surface area contributed by atoms with Gasteiger partial charge in [-0.3, -0.25) is 0 Å². The lowest BCUT2D eigenvalue weighted by molar-refractivity contribution is 0.579. The smallest absolute Gasteiger partial charge is 0.241 e. The SMILES string of the molecule is Cc1csc(-c2cc(S(=O)(=O)NCCC3=CCCCC3)c(C)s2)n1. The van der Waals surface area contributed by atoms with Crippen LogP contribution in [0, 0.1) is 13.8 Å². The van der Waals surface area contributed by atoms with E-state index >= 15 is 0 Å². The number of aryl methyl sites for hydroxylation is 2. The Morgan fingerprint density at radius 1 is 1.29 bits per heavy atom. The Labute approximate surface area is 151 Å². The summed E-state index contributed by atoms with van der Waals surface area (Å²) in [5.74, 6) is 0. The van der Waals surface area contributed by atoms with Crippen molar-refractivity contribution in [3.05, 3.63) is 33.7 Å². The number of hydrogen-bond acceptors (Lipinski definition) is 5. The summed E-state index contributed by atoms with van der Waals surface area (Å²) in [6.45, 7) is 4.27. The molecule has 2 aromatic rings. The molecule has 0 saturated heterocycles. The van der Waals surface area contributed by atoms with Crippen LogP contribution in [-0.2, 0) is 10.0 Å². The van der Waals surface area contributed by atoms with Gasteiger partial charge in [-0.25, -0.2) is 18.1 Å². The van der Waals surface area contributed by atoms with Gasteiger partial charge in [-0.15, -0.1) is 22.7 Å². The molecule has 4 nitrogen and oxygen atoms in total. The maximum Gasteiger partial charge on any atom is 0.241 e. The van der Waals surface area contributed by atoms with Gasteiger partial charge in [-0.05, 0) is 52.0 Å². The van der Waals surface area contributed by atoms with Crippen LogP contribution in [-0.4, -0.2) is 19.9 Å². The van der Waals surface area contributed by atoms with Crippen LogP contribution in [0.3, 0.4) is 0 Å². The van der Waals surface area contributed by atoms with Gasteiger partial charge in [0.25, 0.3) is 0 Å². The molecular formula is C17H22N2O2S3. The van der Waals surface area contributed by atoms with E-state index in [1.807, 2.05) is 19.2 Å². The van der Waals surface area contributed by atoms with Crippen LogP contribution in [0.25, 0.3) is 9.88 Å². The summed E-state index contributed by atoms with van der Waals surface area (Å²) in [5.41, 5.74) is 2.34. The zero-order valence-corrected chi connectivity index (χ0v) is 16.4. The molecular weight excluding hydrogens is 360 g/mol. The van der Waals surface area contributed by atoms with Crippen molar-refractivity contribution in [1.29, 1.82) is 0 Å². The number of aromatic nitrogens is 1. The molecule has 1 aliphatic carbocycles. The molecule has 0 radical (unpaired) electrons. The van der Waals surface area contributed by atoms with Gasteiger partial charge in [0.05, 0.1) is 9.77 Å². The van der Waals surface area contributed by atoms with Crippen molar-refractivity contribution >= 4 is 32.7 Å². The predicted octanol–water partition coefficient (Wildman–Crippen LogP) is 4.66. The van der Waals surface area contributed by atoms with Gasteiger partial charge in [0.1, 0.15) is 5.01 Å². The fraction of sp³-hybridized carbons (Fsp3) is 0.471.